The van der Waals surface area contributed by atoms with E-state index in [9.17, 15) is 9.59 Å². The summed E-state index contributed by atoms with van der Waals surface area (Å²) in [4.78, 5) is 26.7. The molecule has 0 saturated carbocycles. The number of imide groups is 1. The molecule has 1 aromatic rings. The van der Waals surface area contributed by atoms with Gasteiger partial charge in [0, 0.05) is 12.6 Å². The van der Waals surface area contributed by atoms with Gasteiger partial charge in [-0.15, -0.1) is 0 Å². The van der Waals surface area contributed by atoms with Crippen LogP contribution in [0.25, 0.3) is 0 Å². The Hall–Kier alpha value is -1.68. The highest BCUT2D eigenvalue weighted by molar-refractivity contribution is 6.22. The number of aryl methyl sites for hydroxylation is 2. The van der Waals surface area contributed by atoms with Crippen molar-refractivity contribution in [2.45, 2.75) is 39.7 Å². The number of carbonyl (C=O) groups is 2. The van der Waals surface area contributed by atoms with Gasteiger partial charge < -0.3 is 5.32 Å². The van der Waals surface area contributed by atoms with Crippen LogP contribution in [0.15, 0.2) is 12.1 Å². The first-order valence-electron chi connectivity index (χ1n) is 7.68. The molecule has 0 radical (unpaired) electrons. The third-order valence-corrected chi connectivity index (χ3v) is 4.74. The molecule has 1 saturated heterocycles. The van der Waals surface area contributed by atoms with Gasteiger partial charge in [0.05, 0.1) is 11.1 Å². The fourth-order valence-electron chi connectivity index (χ4n) is 3.36. The Morgan fingerprint density at radius 3 is 2.14 bits per heavy atom. The van der Waals surface area contributed by atoms with E-state index < -0.39 is 0 Å². The van der Waals surface area contributed by atoms with Crippen molar-refractivity contribution in [3.63, 3.8) is 0 Å². The lowest BCUT2D eigenvalue weighted by Gasteiger charge is -2.30. The molecule has 112 valence electrons. The molecule has 2 atom stereocenters. The van der Waals surface area contributed by atoms with Gasteiger partial charge >= 0.3 is 0 Å². The first kappa shape index (κ1) is 14.3. The van der Waals surface area contributed by atoms with Crippen molar-refractivity contribution in [2.24, 2.45) is 5.92 Å². The minimum absolute atomic E-state index is 0.116. The molecule has 0 spiro atoms. The number of piperidine rings is 1. The van der Waals surface area contributed by atoms with E-state index in [1.807, 2.05) is 26.0 Å². The number of benzene rings is 1. The second-order valence-corrected chi connectivity index (χ2v) is 6.42. The minimum Gasteiger partial charge on any atom is -0.314 e. The van der Waals surface area contributed by atoms with Crippen molar-refractivity contribution in [2.75, 3.05) is 13.1 Å². The van der Waals surface area contributed by atoms with Gasteiger partial charge in [-0.1, -0.05) is 12.1 Å². The summed E-state index contributed by atoms with van der Waals surface area (Å²) < 4.78 is 0. The van der Waals surface area contributed by atoms with Crippen molar-refractivity contribution in [3.8, 4) is 0 Å². The summed E-state index contributed by atoms with van der Waals surface area (Å²) in [5.41, 5.74) is 3.01. The van der Waals surface area contributed by atoms with Gasteiger partial charge in [-0.05, 0) is 57.2 Å². The van der Waals surface area contributed by atoms with Crippen LogP contribution in [0, 0.1) is 19.8 Å². The lowest BCUT2D eigenvalue weighted by atomic mass is 9.95. The third-order valence-electron chi connectivity index (χ3n) is 4.74. The van der Waals surface area contributed by atoms with E-state index >= 15 is 0 Å². The molecule has 1 fully saturated rings. The average Bonchev–Trinajstić information content (AvgIpc) is 2.71. The topological polar surface area (TPSA) is 49.4 Å². The van der Waals surface area contributed by atoms with E-state index in [4.69, 9.17) is 0 Å². The number of amides is 2. The van der Waals surface area contributed by atoms with E-state index in [1.54, 1.807) is 0 Å². The summed E-state index contributed by atoms with van der Waals surface area (Å²) in [7, 11) is 0. The van der Waals surface area contributed by atoms with Crippen molar-refractivity contribution in [3.05, 3.63) is 34.4 Å². The van der Waals surface area contributed by atoms with Crippen LogP contribution in [0.4, 0.5) is 0 Å². The van der Waals surface area contributed by atoms with Crippen LogP contribution in [-0.2, 0) is 0 Å². The lowest BCUT2D eigenvalue weighted by molar-refractivity contribution is 0.0617. The molecule has 1 N–H and O–H groups in total. The predicted octanol–water partition coefficient (Wildman–Crippen LogP) is 2.29. The van der Waals surface area contributed by atoms with Gasteiger partial charge in [0.2, 0.25) is 0 Å². The van der Waals surface area contributed by atoms with Crippen molar-refractivity contribution in [1.29, 1.82) is 0 Å². The molecule has 4 heteroatoms. The quantitative estimate of drug-likeness (QED) is 0.849. The number of hydrogen-bond donors (Lipinski definition) is 1. The van der Waals surface area contributed by atoms with Crippen molar-refractivity contribution < 1.29 is 9.59 Å². The molecular weight excluding hydrogens is 264 g/mol. The van der Waals surface area contributed by atoms with E-state index in [0.29, 0.717) is 29.6 Å². The molecule has 2 aliphatic rings. The standard InChI is InChI=1S/C17H22N2O2/c1-10-4-5-11(2)15-14(10)16(20)19(17(15)21)9-13-7-6-12(3)18-8-13/h4-5,12-13,18H,6-9H2,1-3H3. The molecule has 2 aliphatic heterocycles. The smallest absolute Gasteiger partial charge is 0.261 e. The Kier molecular flexibility index (Phi) is 3.57. The molecule has 21 heavy (non-hydrogen) atoms. The highest BCUT2D eigenvalue weighted by atomic mass is 16.2. The number of rotatable bonds is 2. The SMILES string of the molecule is Cc1ccc(C)c2c1C(=O)N(CC1CCC(C)NC1)C2=O. The highest BCUT2D eigenvalue weighted by Gasteiger charge is 2.39. The Bertz CT molecular complexity index is 560. The fraction of sp³-hybridized carbons (Fsp3) is 0.529. The monoisotopic (exact) mass is 286 g/mol. The number of nitrogens with one attached hydrogen (secondary N) is 1. The van der Waals surface area contributed by atoms with Crippen LogP contribution in [-0.4, -0.2) is 35.8 Å². The molecule has 0 aliphatic carbocycles. The zero-order valence-electron chi connectivity index (χ0n) is 12.9. The lowest BCUT2D eigenvalue weighted by Crippen LogP contribution is -2.43. The fourth-order valence-corrected chi connectivity index (χ4v) is 3.36. The number of carbonyl (C=O) groups excluding carboxylic acids is 2. The normalized spacial score (nSPS) is 25.4. The maximum absolute atomic E-state index is 12.6. The number of hydrogen-bond acceptors (Lipinski definition) is 3. The molecule has 1 aromatic carbocycles. The highest BCUT2D eigenvalue weighted by Crippen LogP contribution is 2.30. The zero-order valence-corrected chi connectivity index (χ0v) is 12.9. The summed E-state index contributed by atoms with van der Waals surface area (Å²) in [6, 6.07) is 4.38. The second kappa shape index (κ2) is 5.26. The van der Waals surface area contributed by atoms with Gasteiger partial charge in [-0.25, -0.2) is 0 Å². The number of nitrogens with zero attached hydrogens (tertiary/aromatic N) is 1. The van der Waals surface area contributed by atoms with E-state index in [-0.39, 0.29) is 11.8 Å². The summed E-state index contributed by atoms with van der Waals surface area (Å²) in [6.45, 7) is 7.38. The van der Waals surface area contributed by atoms with Crippen LogP contribution < -0.4 is 5.32 Å². The summed E-state index contributed by atoms with van der Waals surface area (Å²) >= 11 is 0. The summed E-state index contributed by atoms with van der Waals surface area (Å²) in [6.07, 6.45) is 2.17. The summed E-state index contributed by atoms with van der Waals surface area (Å²) in [5, 5.41) is 3.43. The van der Waals surface area contributed by atoms with Crippen LogP contribution in [0.1, 0.15) is 51.6 Å². The van der Waals surface area contributed by atoms with E-state index in [2.05, 4.69) is 12.2 Å². The van der Waals surface area contributed by atoms with E-state index in [0.717, 1.165) is 30.5 Å². The third kappa shape index (κ3) is 2.38. The minimum atomic E-state index is -0.116. The van der Waals surface area contributed by atoms with Gasteiger partial charge in [-0.2, -0.15) is 0 Å². The van der Waals surface area contributed by atoms with Gasteiger partial charge in [-0.3, -0.25) is 14.5 Å². The van der Waals surface area contributed by atoms with Crippen molar-refractivity contribution >= 4 is 11.8 Å². The Labute approximate surface area is 125 Å². The molecular formula is C17H22N2O2. The molecule has 3 rings (SSSR count). The maximum Gasteiger partial charge on any atom is 0.261 e. The molecule has 2 unspecified atom stereocenters. The molecule has 4 nitrogen and oxygen atoms in total. The first-order chi connectivity index (χ1) is 9.99. The average molecular weight is 286 g/mol. The Morgan fingerprint density at radius 1 is 1.10 bits per heavy atom. The van der Waals surface area contributed by atoms with Crippen molar-refractivity contribution in [1.82, 2.24) is 10.2 Å². The largest absolute Gasteiger partial charge is 0.314 e. The Balaban J connectivity index is 1.83. The van der Waals surface area contributed by atoms with Crippen LogP contribution in [0.2, 0.25) is 0 Å². The van der Waals surface area contributed by atoms with Crippen LogP contribution >= 0.6 is 0 Å². The molecule has 0 bridgehead atoms. The molecule has 0 aromatic heterocycles. The molecule has 2 heterocycles. The number of fused-ring (bicyclic) bond motifs is 1. The zero-order chi connectivity index (χ0) is 15.1. The summed E-state index contributed by atoms with van der Waals surface area (Å²) in [5.74, 6) is 0.133. The van der Waals surface area contributed by atoms with Gasteiger partial charge in [0.15, 0.2) is 0 Å². The molecule has 2 amide bonds. The van der Waals surface area contributed by atoms with Crippen LogP contribution in [0.5, 0.6) is 0 Å². The van der Waals surface area contributed by atoms with E-state index in [1.165, 1.54) is 4.90 Å². The predicted molar refractivity (Wildman–Crippen MR) is 81.5 cm³/mol. The first-order valence-corrected chi connectivity index (χ1v) is 7.68. The Morgan fingerprint density at radius 2 is 1.67 bits per heavy atom. The van der Waals surface area contributed by atoms with Crippen LogP contribution in [0.3, 0.4) is 0 Å². The van der Waals surface area contributed by atoms with Gasteiger partial charge in [0.1, 0.15) is 0 Å². The second-order valence-electron chi connectivity index (χ2n) is 6.42. The maximum atomic E-state index is 12.6. The van der Waals surface area contributed by atoms with Gasteiger partial charge in [0.25, 0.3) is 11.8 Å².